The molecule has 1 atom stereocenters. The predicted molar refractivity (Wildman–Crippen MR) is 194 cm³/mol. The molecular weight excluding hydrogens is 556 g/mol. The van der Waals surface area contributed by atoms with Crippen LogP contribution in [0, 0.1) is 0 Å². The van der Waals surface area contributed by atoms with Gasteiger partial charge >= 0.3 is 0 Å². The zero-order chi connectivity index (χ0) is 30.2. The van der Waals surface area contributed by atoms with Gasteiger partial charge in [-0.15, -0.1) is 0 Å². The minimum atomic E-state index is 0.311. The molecule has 1 heteroatoms. The SMILES string of the molecule is c1ccc2c(c1)-c1cc(-c3ccc4c5ccccc5c5ccccc5c4c3)ccc1CCC2c1ccc2oc3ccccc3c2c1. The summed E-state index contributed by atoms with van der Waals surface area (Å²) in [6.07, 6.45) is 2.10. The Hall–Kier alpha value is -5.66. The van der Waals surface area contributed by atoms with E-state index in [-0.39, 0.29) is 0 Å². The lowest BCUT2D eigenvalue weighted by atomic mass is 9.85. The Balaban J connectivity index is 1.12. The molecule has 46 heavy (non-hydrogen) atoms. The van der Waals surface area contributed by atoms with Crippen LogP contribution in [0.3, 0.4) is 0 Å². The van der Waals surface area contributed by atoms with Crippen LogP contribution in [0.4, 0.5) is 0 Å². The van der Waals surface area contributed by atoms with E-state index in [9.17, 15) is 0 Å². The zero-order valence-electron chi connectivity index (χ0n) is 25.3. The number of fused-ring (bicyclic) bond motifs is 12. The topological polar surface area (TPSA) is 13.1 Å². The summed E-state index contributed by atoms with van der Waals surface area (Å²) < 4.78 is 6.17. The molecule has 1 unspecified atom stereocenters. The lowest BCUT2D eigenvalue weighted by Gasteiger charge is -2.19. The second-order valence-corrected chi connectivity index (χ2v) is 12.8. The molecule has 0 aliphatic heterocycles. The van der Waals surface area contributed by atoms with E-state index in [2.05, 4.69) is 146 Å². The van der Waals surface area contributed by atoms with E-state index in [1.165, 1.54) is 82.0 Å². The smallest absolute Gasteiger partial charge is 0.135 e. The highest BCUT2D eigenvalue weighted by Crippen LogP contribution is 2.44. The summed E-state index contributed by atoms with van der Waals surface area (Å²) in [4.78, 5) is 0. The van der Waals surface area contributed by atoms with Crippen molar-refractivity contribution in [2.45, 2.75) is 18.8 Å². The number of para-hydroxylation sites is 1. The van der Waals surface area contributed by atoms with Crippen molar-refractivity contribution in [1.29, 1.82) is 0 Å². The number of benzene rings is 8. The lowest BCUT2D eigenvalue weighted by molar-refractivity contribution is 0.668. The largest absolute Gasteiger partial charge is 0.456 e. The van der Waals surface area contributed by atoms with Crippen molar-refractivity contribution >= 4 is 54.3 Å². The molecule has 9 aromatic rings. The number of hydrogen-bond donors (Lipinski definition) is 0. The highest BCUT2D eigenvalue weighted by Gasteiger charge is 2.25. The summed E-state index contributed by atoms with van der Waals surface area (Å²) in [6, 6.07) is 56.0. The fourth-order valence-corrected chi connectivity index (χ4v) is 8.12. The molecule has 1 nitrogen and oxygen atoms in total. The van der Waals surface area contributed by atoms with Gasteiger partial charge in [-0.25, -0.2) is 0 Å². The number of furan rings is 1. The summed E-state index contributed by atoms with van der Waals surface area (Å²) in [5.41, 5.74) is 11.3. The Labute approximate surface area is 267 Å². The van der Waals surface area contributed by atoms with Crippen molar-refractivity contribution in [3.63, 3.8) is 0 Å². The summed E-state index contributed by atoms with van der Waals surface area (Å²) in [7, 11) is 0. The first-order valence-corrected chi connectivity index (χ1v) is 16.3. The second kappa shape index (κ2) is 9.92. The van der Waals surface area contributed by atoms with Gasteiger partial charge in [0.15, 0.2) is 0 Å². The highest BCUT2D eigenvalue weighted by molar-refractivity contribution is 6.25. The summed E-state index contributed by atoms with van der Waals surface area (Å²) in [6.45, 7) is 0. The van der Waals surface area contributed by atoms with Gasteiger partial charge in [-0.3, -0.25) is 0 Å². The minimum Gasteiger partial charge on any atom is -0.456 e. The quantitative estimate of drug-likeness (QED) is 0.184. The van der Waals surface area contributed by atoms with Crippen LogP contribution in [0.25, 0.3) is 76.5 Å². The molecule has 0 spiro atoms. The third kappa shape index (κ3) is 3.82. The highest BCUT2D eigenvalue weighted by atomic mass is 16.3. The maximum Gasteiger partial charge on any atom is 0.135 e. The molecular formula is C45H30O. The molecule has 1 heterocycles. The zero-order valence-corrected chi connectivity index (χ0v) is 25.3. The van der Waals surface area contributed by atoms with Gasteiger partial charge in [0.25, 0.3) is 0 Å². The molecule has 0 saturated carbocycles. The van der Waals surface area contributed by atoms with Crippen LogP contribution in [0.1, 0.15) is 29.0 Å². The van der Waals surface area contributed by atoms with E-state index in [0.29, 0.717) is 5.92 Å². The number of hydrogen-bond acceptors (Lipinski definition) is 1. The van der Waals surface area contributed by atoms with Gasteiger partial charge in [-0.05, 0) is 114 Å². The Kier molecular flexibility index (Phi) is 5.53. The standard InChI is InChI=1S/C45H30O/c1-5-13-37-33(9-1)32(31-21-24-45-43(27-31)40-15-7-8-16-44(40)46-45)22-19-28-17-18-29(25-41(28)37)30-20-23-39-36-12-3-2-10-34(36)35-11-4-6-14-38(35)42(39)26-30/h1-18,20-21,23-27,32H,19,22H2. The van der Waals surface area contributed by atoms with Crippen LogP contribution in [-0.2, 0) is 6.42 Å². The summed E-state index contributed by atoms with van der Waals surface area (Å²) >= 11 is 0. The number of rotatable bonds is 2. The van der Waals surface area contributed by atoms with Gasteiger partial charge in [-0.2, -0.15) is 0 Å². The molecule has 1 aliphatic carbocycles. The second-order valence-electron chi connectivity index (χ2n) is 12.8. The average molecular weight is 587 g/mol. The molecule has 1 aliphatic rings. The first-order valence-electron chi connectivity index (χ1n) is 16.3. The van der Waals surface area contributed by atoms with E-state index >= 15 is 0 Å². The normalized spacial score (nSPS) is 14.6. The van der Waals surface area contributed by atoms with Crippen molar-refractivity contribution < 1.29 is 4.42 Å². The lowest BCUT2D eigenvalue weighted by Crippen LogP contribution is -2.02. The third-order valence-electron chi connectivity index (χ3n) is 10.3. The van der Waals surface area contributed by atoms with E-state index in [4.69, 9.17) is 4.42 Å². The van der Waals surface area contributed by atoms with E-state index in [1.54, 1.807) is 0 Å². The third-order valence-corrected chi connectivity index (χ3v) is 10.3. The molecule has 8 aromatic carbocycles. The minimum absolute atomic E-state index is 0.311. The maximum absolute atomic E-state index is 6.17. The molecule has 0 saturated heterocycles. The van der Waals surface area contributed by atoms with Crippen LogP contribution in [0.5, 0.6) is 0 Å². The fourth-order valence-electron chi connectivity index (χ4n) is 8.12. The molecule has 0 N–H and O–H groups in total. The van der Waals surface area contributed by atoms with Crippen molar-refractivity contribution in [3.8, 4) is 22.3 Å². The fraction of sp³-hybridized carbons (Fsp3) is 0.0667. The molecule has 0 fully saturated rings. The summed E-state index contributed by atoms with van der Waals surface area (Å²) in [5.74, 6) is 0.311. The van der Waals surface area contributed by atoms with Crippen LogP contribution in [0.15, 0.2) is 156 Å². The molecule has 10 rings (SSSR count). The Morgan fingerprint density at radius 1 is 0.413 bits per heavy atom. The van der Waals surface area contributed by atoms with Crippen LogP contribution in [-0.4, -0.2) is 0 Å². The summed E-state index contributed by atoms with van der Waals surface area (Å²) in [5, 5.41) is 10.2. The van der Waals surface area contributed by atoms with Gasteiger partial charge in [0.1, 0.15) is 11.2 Å². The Morgan fingerprint density at radius 2 is 1.02 bits per heavy atom. The van der Waals surface area contributed by atoms with Crippen LogP contribution >= 0.6 is 0 Å². The molecule has 0 bridgehead atoms. The Morgan fingerprint density at radius 3 is 1.83 bits per heavy atom. The molecule has 216 valence electrons. The van der Waals surface area contributed by atoms with E-state index in [0.717, 1.165) is 24.0 Å². The number of aryl methyl sites for hydroxylation is 1. The Bertz CT molecular complexity index is 2620. The first-order chi connectivity index (χ1) is 22.8. The van der Waals surface area contributed by atoms with Gasteiger partial charge in [0, 0.05) is 16.7 Å². The maximum atomic E-state index is 6.17. The van der Waals surface area contributed by atoms with Crippen LogP contribution in [0.2, 0.25) is 0 Å². The van der Waals surface area contributed by atoms with E-state index in [1.807, 2.05) is 6.07 Å². The van der Waals surface area contributed by atoms with Crippen molar-refractivity contribution in [2.24, 2.45) is 0 Å². The van der Waals surface area contributed by atoms with Gasteiger partial charge in [0.05, 0.1) is 0 Å². The van der Waals surface area contributed by atoms with Crippen molar-refractivity contribution in [3.05, 3.63) is 168 Å². The average Bonchev–Trinajstić information content (AvgIpc) is 3.41. The predicted octanol–water partition coefficient (Wildman–Crippen LogP) is 12.5. The van der Waals surface area contributed by atoms with E-state index < -0.39 is 0 Å². The molecule has 0 radical (unpaired) electrons. The van der Waals surface area contributed by atoms with Gasteiger partial charge in [-0.1, -0.05) is 121 Å². The monoisotopic (exact) mass is 586 g/mol. The van der Waals surface area contributed by atoms with Crippen molar-refractivity contribution in [1.82, 2.24) is 0 Å². The van der Waals surface area contributed by atoms with Gasteiger partial charge in [0.2, 0.25) is 0 Å². The van der Waals surface area contributed by atoms with Gasteiger partial charge < -0.3 is 4.42 Å². The van der Waals surface area contributed by atoms with Crippen molar-refractivity contribution in [2.75, 3.05) is 0 Å². The first kappa shape index (κ1) is 25.6. The molecule has 1 aromatic heterocycles. The van der Waals surface area contributed by atoms with Crippen LogP contribution < -0.4 is 0 Å². The molecule has 0 amide bonds.